The van der Waals surface area contributed by atoms with Crippen LogP contribution >= 0.6 is 0 Å². The Kier molecular flexibility index (Phi) is 8.35. The van der Waals surface area contributed by atoms with E-state index in [4.69, 9.17) is 9.47 Å². The van der Waals surface area contributed by atoms with Crippen molar-refractivity contribution in [3.8, 4) is 11.5 Å². The molecule has 0 bridgehead atoms. The molecule has 0 radical (unpaired) electrons. The molecule has 0 aliphatic heterocycles. The van der Waals surface area contributed by atoms with Crippen LogP contribution in [0.2, 0.25) is 0 Å². The Bertz CT molecular complexity index is 1220. The summed E-state index contributed by atoms with van der Waals surface area (Å²) in [5.74, 6) is -1.76. The van der Waals surface area contributed by atoms with E-state index in [0.29, 0.717) is 0 Å². The third-order valence-corrected chi connectivity index (χ3v) is 6.32. The van der Waals surface area contributed by atoms with E-state index in [2.05, 4.69) is 60.5 Å². The van der Waals surface area contributed by atoms with E-state index in [-0.39, 0.29) is 17.4 Å². The van der Waals surface area contributed by atoms with Crippen molar-refractivity contribution in [1.82, 2.24) is 10.3 Å². The average molecular weight is 491 g/mol. The summed E-state index contributed by atoms with van der Waals surface area (Å²) < 4.78 is 10.9. The Morgan fingerprint density at radius 3 is 1.97 bits per heavy atom. The number of aromatic hydroxyl groups is 1. The van der Waals surface area contributed by atoms with Crippen molar-refractivity contribution >= 4 is 11.9 Å². The molecule has 1 aromatic heterocycles. The summed E-state index contributed by atoms with van der Waals surface area (Å²) in [7, 11) is 1.38. The molecule has 3 aromatic rings. The molecule has 0 saturated carbocycles. The SMILES string of the molecule is COc1ccnc(C(=O)N[C@@H](C)C(=O)O[C@@H](C)C(c2ccc(C)cc2C)c2ccc(C)cc2C)c1O. The number of aromatic nitrogens is 1. The molecule has 1 heterocycles. The molecule has 36 heavy (non-hydrogen) atoms. The summed E-state index contributed by atoms with van der Waals surface area (Å²) in [6, 6.07) is 13.0. The summed E-state index contributed by atoms with van der Waals surface area (Å²) in [6.07, 6.45) is 0.833. The topological polar surface area (TPSA) is 97.8 Å². The van der Waals surface area contributed by atoms with Gasteiger partial charge >= 0.3 is 5.97 Å². The van der Waals surface area contributed by atoms with E-state index < -0.39 is 29.8 Å². The number of aryl methyl sites for hydroxylation is 4. The van der Waals surface area contributed by atoms with Gasteiger partial charge in [-0.2, -0.15) is 0 Å². The highest BCUT2D eigenvalue weighted by Gasteiger charge is 2.30. The normalized spacial score (nSPS) is 12.7. The number of ether oxygens (including phenoxy) is 2. The number of nitrogens with zero attached hydrogens (tertiary/aromatic N) is 1. The molecular formula is C29H34N2O5. The molecule has 0 saturated heterocycles. The van der Waals surface area contributed by atoms with Gasteiger partial charge in [-0.25, -0.2) is 9.78 Å². The van der Waals surface area contributed by atoms with Gasteiger partial charge < -0.3 is 19.9 Å². The maximum atomic E-state index is 13.0. The van der Waals surface area contributed by atoms with Gasteiger partial charge in [-0.1, -0.05) is 47.5 Å². The Morgan fingerprint density at radius 1 is 0.917 bits per heavy atom. The van der Waals surface area contributed by atoms with Crippen molar-refractivity contribution < 1.29 is 24.2 Å². The number of carbonyl (C=O) groups excluding carboxylic acids is 2. The molecule has 190 valence electrons. The minimum Gasteiger partial charge on any atom is -0.503 e. The quantitative estimate of drug-likeness (QED) is 0.436. The molecule has 0 unspecified atom stereocenters. The minimum atomic E-state index is -0.966. The van der Waals surface area contributed by atoms with E-state index in [9.17, 15) is 14.7 Å². The smallest absolute Gasteiger partial charge is 0.328 e. The van der Waals surface area contributed by atoms with Crippen LogP contribution in [0.1, 0.15) is 63.6 Å². The van der Waals surface area contributed by atoms with Crippen LogP contribution in [0.5, 0.6) is 11.5 Å². The van der Waals surface area contributed by atoms with E-state index in [1.807, 2.05) is 20.8 Å². The van der Waals surface area contributed by atoms with Crippen LogP contribution in [0.3, 0.4) is 0 Å². The number of pyridine rings is 1. The first-order chi connectivity index (χ1) is 17.0. The third kappa shape index (κ3) is 5.85. The van der Waals surface area contributed by atoms with E-state index >= 15 is 0 Å². The highest BCUT2D eigenvalue weighted by atomic mass is 16.5. The zero-order chi connectivity index (χ0) is 26.6. The summed E-state index contributed by atoms with van der Waals surface area (Å²) in [5.41, 5.74) is 6.47. The predicted octanol–water partition coefficient (Wildman–Crippen LogP) is 4.91. The van der Waals surface area contributed by atoms with Crippen molar-refractivity contribution in [1.29, 1.82) is 0 Å². The summed E-state index contributed by atoms with van der Waals surface area (Å²) >= 11 is 0. The number of methoxy groups -OCH3 is 1. The van der Waals surface area contributed by atoms with Crippen LogP contribution < -0.4 is 10.1 Å². The van der Waals surface area contributed by atoms with Gasteiger partial charge in [-0.3, -0.25) is 4.79 Å². The summed E-state index contributed by atoms with van der Waals surface area (Å²) in [5, 5.41) is 12.8. The maximum Gasteiger partial charge on any atom is 0.328 e. The number of carbonyl (C=O) groups is 2. The van der Waals surface area contributed by atoms with Gasteiger partial charge in [0.25, 0.3) is 5.91 Å². The van der Waals surface area contributed by atoms with Crippen LogP contribution in [-0.4, -0.2) is 41.2 Å². The Balaban J connectivity index is 1.84. The largest absolute Gasteiger partial charge is 0.503 e. The first-order valence-corrected chi connectivity index (χ1v) is 11.9. The monoisotopic (exact) mass is 490 g/mol. The Hall–Kier alpha value is -3.87. The molecule has 2 N–H and O–H groups in total. The van der Waals surface area contributed by atoms with Crippen LogP contribution in [0, 0.1) is 27.7 Å². The van der Waals surface area contributed by atoms with E-state index in [0.717, 1.165) is 33.4 Å². The average Bonchev–Trinajstić information content (AvgIpc) is 2.81. The van der Waals surface area contributed by atoms with E-state index in [1.54, 1.807) is 0 Å². The standard InChI is InChI=1S/C29H34N2O5/c1-16-8-10-22(18(3)14-16)25(23-11-9-17(2)15-19(23)4)21(6)36-29(34)20(5)31-28(33)26-27(32)24(35-7)12-13-30-26/h8-15,20-21,25,32H,1-7H3,(H,31,33)/t20-,21-/m0/s1. The summed E-state index contributed by atoms with van der Waals surface area (Å²) in [4.78, 5) is 29.6. The number of nitrogens with one attached hydrogen (secondary N) is 1. The zero-order valence-corrected chi connectivity index (χ0v) is 21.9. The second-order valence-corrected chi connectivity index (χ2v) is 9.25. The first-order valence-electron chi connectivity index (χ1n) is 11.9. The van der Waals surface area contributed by atoms with Gasteiger partial charge in [-0.05, 0) is 63.8 Å². The lowest BCUT2D eigenvalue weighted by Gasteiger charge is -2.29. The lowest BCUT2D eigenvalue weighted by atomic mass is 9.82. The molecule has 0 aliphatic rings. The molecule has 1 amide bonds. The number of benzene rings is 2. The molecule has 3 rings (SSSR count). The van der Waals surface area contributed by atoms with Crippen molar-refractivity contribution in [2.45, 2.75) is 59.6 Å². The molecule has 2 aromatic carbocycles. The number of hydrogen-bond donors (Lipinski definition) is 2. The Morgan fingerprint density at radius 2 is 1.47 bits per heavy atom. The number of esters is 1. The van der Waals surface area contributed by atoms with Crippen LogP contribution in [0.25, 0.3) is 0 Å². The second kappa shape index (κ2) is 11.2. The lowest BCUT2D eigenvalue weighted by molar-refractivity contribution is -0.150. The Labute approximate surface area is 212 Å². The highest BCUT2D eigenvalue weighted by molar-refractivity contribution is 5.97. The number of amides is 1. The molecule has 0 fully saturated rings. The van der Waals surface area contributed by atoms with Crippen molar-refractivity contribution in [2.75, 3.05) is 7.11 Å². The van der Waals surface area contributed by atoms with Gasteiger partial charge in [0, 0.05) is 18.2 Å². The zero-order valence-electron chi connectivity index (χ0n) is 21.9. The molecule has 7 heteroatoms. The van der Waals surface area contributed by atoms with Gasteiger partial charge in [0.05, 0.1) is 7.11 Å². The predicted molar refractivity (Wildman–Crippen MR) is 139 cm³/mol. The summed E-state index contributed by atoms with van der Waals surface area (Å²) in [6.45, 7) is 11.6. The molecule has 0 aliphatic carbocycles. The maximum absolute atomic E-state index is 13.0. The fourth-order valence-electron chi connectivity index (χ4n) is 4.47. The van der Waals surface area contributed by atoms with E-state index in [1.165, 1.54) is 26.3 Å². The van der Waals surface area contributed by atoms with Crippen molar-refractivity contribution in [3.05, 3.63) is 87.7 Å². The highest BCUT2D eigenvalue weighted by Crippen LogP contribution is 2.35. The fraction of sp³-hybridized carbons (Fsp3) is 0.345. The third-order valence-electron chi connectivity index (χ3n) is 6.32. The fourth-order valence-corrected chi connectivity index (χ4v) is 4.47. The lowest BCUT2D eigenvalue weighted by Crippen LogP contribution is -2.41. The number of rotatable bonds is 8. The van der Waals surface area contributed by atoms with Gasteiger partial charge in [0.2, 0.25) is 0 Å². The second-order valence-electron chi connectivity index (χ2n) is 9.25. The van der Waals surface area contributed by atoms with Gasteiger partial charge in [-0.15, -0.1) is 0 Å². The van der Waals surface area contributed by atoms with Crippen LogP contribution in [0.4, 0.5) is 0 Å². The van der Waals surface area contributed by atoms with Crippen LogP contribution in [0.15, 0.2) is 48.7 Å². The first kappa shape index (κ1) is 26.7. The molecule has 7 nitrogen and oxygen atoms in total. The van der Waals surface area contributed by atoms with Gasteiger partial charge in [0.15, 0.2) is 17.2 Å². The number of hydrogen-bond acceptors (Lipinski definition) is 6. The molecular weight excluding hydrogens is 456 g/mol. The molecule has 2 atom stereocenters. The minimum absolute atomic E-state index is 0.115. The van der Waals surface area contributed by atoms with Crippen LogP contribution in [-0.2, 0) is 9.53 Å². The molecule has 0 spiro atoms. The van der Waals surface area contributed by atoms with Crippen molar-refractivity contribution in [2.24, 2.45) is 0 Å². The van der Waals surface area contributed by atoms with Gasteiger partial charge in [0.1, 0.15) is 12.1 Å². The van der Waals surface area contributed by atoms with Crippen molar-refractivity contribution in [3.63, 3.8) is 0 Å².